The highest BCUT2D eigenvalue weighted by atomic mass is 16.5. The number of aromatic nitrogens is 2. The van der Waals surface area contributed by atoms with Crippen molar-refractivity contribution in [2.45, 2.75) is 13.5 Å². The van der Waals surface area contributed by atoms with E-state index in [2.05, 4.69) is 10.4 Å². The second kappa shape index (κ2) is 6.39. The lowest BCUT2D eigenvalue weighted by Gasteiger charge is -2.11. The van der Waals surface area contributed by atoms with Crippen LogP contribution < -0.4 is 19.5 Å². The predicted molar refractivity (Wildman–Crippen MR) is 81.4 cm³/mol. The molecule has 0 bridgehead atoms. The van der Waals surface area contributed by atoms with Crippen LogP contribution in [0, 0.1) is 6.92 Å². The molecular formula is C15H21N3O3. The highest BCUT2D eigenvalue weighted by Gasteiger charge is 2.13. The quantitative estimate of drug-likeness (QED) is 0.885. The van der Waals surface area contributed by atoms with E-state index in [4.69, 9.17) is 14.2 Å². The van der Waals surface area contributed by atoms with E-state index in [1.54, 1.807) is 26.0 Å². The number of methoxy groups -OCH3 is 3. The number of anilines is 1. The number of rotatable bonds is 6. The summed E-state index contributed by atoms with van der Waals surface area (Å²) < 4.78 is 17.6. The lowest BCUT2D eigenvalue weighted by molar-refractivity contribution is 0.369. The van der Waals surface area contributed by atoms with E-state index >= 15 is 0 Å². The van der Waals surface area contributed by atoms with Gasteiger partial charge in [-0.1, -0.05) is 0 Å². The Morgan fingerprint density at radius 2 is 1.67 bits per heavy atom. The molecule has 0 atom stereocenters. The number of hydrogen-bond acceptors (Lipinski definition) is 5. The van der Waals surface area contributed by atoms with Crippen molar-refractivity contribution in [2.75, 3.05) is 26.6 Å². The van der Waals surface area contributed by atoms with E-state index in [0.717, 1.165) is 34.3 Å². The van der Waals surface area contributed by atoms with Crippen LogP contribution in [-0.4, -0.2) is 31.1 Å². The van der Waals surface area contributed by atoms with Crippen LogP contribution in [0.3, 0.4) is 0 Å². The van der Waals surface area contributed by atoms with Crippen LogP contribution in [0.1, 0.15) is 11.3 Å². The molecule has 114 valence electrons. The van der Waals surface area contributed by atoms with E-state index < -0.39 is 0 Å². The Morgan fingerprint density at radius 1 is 1.05 bits per heavy atom. The van der Waals surface area contributed by atoms with Crippen LogP contribution in [-0.2, 0) is 13.6 Å². The minimum atomic E-state index is 0.610. The molecule has 1 aromatic carbocycles. The Hall–Kier alpha value is -2.37. The number of ether oxygens (including phenoxy) is 3. The molecule has 1 N–H and O–H groups in total. The van der Waals surface area contributed by atoms with Gasteiger partial charge in [0.25, 0.3) is 0 Å². The fourth-order valence-corrected chi connectivity index (χ4v) is 2.24. The lowest BCUT2D eigenvalue weighted by atomic mass is 10.2. The van der Waals surface area contributed by atoms with Crippen molar-refractivity contribution in [2.24, 2.45) is 7.05 Å². The molecule has 0 aliphatic heterocycles. The van der Waals surface area contributed by atoms with Crippen LogP contribution >= 0.6 is 0 Å². The number of nitrogens with zero attached hydrogens (tertiary/aromatic N) is 2. The van der Waals surface area contributed by atoms with E-state index in [9.17, 15) is 0 Å². The first-order valence-corrected chi connectivity index (χ1v) is 6.62. The van der Waals surface area contributed by atoms with Gasteiger partial charge in [-0.25, -0.2) is 4.68 Å². The summed E-state index contributed by atoms with van der Waals surface area (Å²) >= 11 is 0. The predicted octanol–water partition coefficient (Wildman–Crippen LogP) is 2.37. The van der Waals surface area contributed by atoms with Gasteiger partial charge in [-0.05, 0) is 6.92 Å². The van der Waals surface area contributed by atoms with Crippen LogP contribution in [0.2, 0.25) is 0 Å². The molecule has 0 spiro atoms. The van der Waals surface area contributed by atoms with Crippen LogP contribution in [0.5, 0.6) is 17.4 Å². The smallest absolute Gasteiger partial charge is 0.216 e. The number of nitrogens with one attached hydrogen (secondary N) is 1. The van der Waals surface area contributed by atoms with Gasteiger partial charge < -0.3 is 19.5 Å². The van der Waals surface area contributed by atoms with E-state index in [-0.39, 0.29) is 0 Å². The fraction of sp³-hybridized carbons (Fsp3) is 0.400. The average molecular weight is 291 g/mol. The zero-order valence-corrected chi connectivity index (χ0v) is 13.1. The maximum atomic E-state index is 5.39. The lowest BCUT2D eigenvalue weighted by Crippen LogP contribution is -2.03. The Kier molecular flexibility index (Phi) is 4.57. The molecule has 0 aliphatic carbocycles. The molecule has 2 aromatic rings. The van der Waals surface area contributed by atoms with Crippen molar-refractivity contribution >= 4 is 5.69 Å². The standard InChI is InChI=1S/C15H21N3O3/c1-10-14(15(21-5)18(2)17-10)9-16-11-6-12(19-3)8-13(7-11)20-4/h6-8,16H,9H2,1-5H3. The summed E-state index contributed by atoms with van der Waals surface area (Å²) in [6.07, 6.45) is 0. The Morgan fingerprint density at radius 3 is 2.19 bits per heavy atom. The Bertz CT molecular complexity index is 601. The first-order chi connectivity index (χ1) is 10.1. The summed E-state index contributed by atoms with van der Waals surface area (Å²) in [4.78, 5) is 0. The minimum absolute atomic E-state index is 0.610. The highest BCUT2D eigenvalue weighted by Crippen LogP contribution is 2.27. The molecule has 21 heavy (non-hydrogen) atoms. The van der Waals surface area contributed by atoms with Gasteiger partial charge in [0.1, 0.15) is 11.5 Å². The molecule has 1 aromatic heterocycles. The number of aryl methyl sites for hydroxylation is 2. The van der Waals surface area contributed by atoms with E-state index in [0.29, 0.717) is 6.54 Å². The van der Waals surface area contributed by atoms with Crippen LogP contribution in [0.15, 0.2) is 18.2 Å². The van der Waals surface area contributed by atoms with Gasteiger partial charge in [0, 0.05) is 37.5 Å². The summed E-state index contributed by atoms with van der Waals surface area (Å²) in [7, 11) is 6.78. The fourth-order valence-electron chi connectivity index (χ4n) is 2.24. The summed E-state index contributed by atoms with van der Waals surface area (Å²) in [5.74, 6) is 2.24. The summed E-state index contributed by atoms with van der Waals surface area (Å²) in [6.45, 7) is 2.57. The molecule has 0 saturated heterocycles. The van der Waals surface area contributed by atoms with Gasteiger partial charge in [-0.15, -0.1) is 0 Å². The monoisotopic (exact) mass is 291 g/mol. The summed E-state index contributed by atoms with van der Waals surface area (Å²) in [5.41, 5.74) is 2.88. The van der Waals surface area contributed by atoms with Crippen molar-refractivity contribution in [3.63, 3.8) is 0 Å². The second-order valence-corrected chi connectivity index (χ2v) is 4.65. The molecule has 2 rings (SSSR count). The highest BCUT2D eigenvalue weighted by molar-refractivity contribution is 5.54. The van der Waals surface area contributed by atoms with Gasteiger partial charge in [-0.2, -0.15) is 5.10 Å². The van der Waals surface area contributed by atoms with Crippen molar-refractivity contribution in [3.8, 4) is 17.4 Å². The Balaban J connectivity index is 2.20. The summed E-state index contributed by atoms with van der Waals surface area (Å²) in [6, 6.07) is 5.67. The average Bonchev–Trinajstić information content (AvgIpc) is 2.77. The van der Waals surface area contributed by atoms with Crippen LogP contribution in [0.25, 0.3) is 0 Å². The van der Waals surface area contributed by atoms with Gasteiger partial charge in [0.05, 0.1) is 32.6 Å². The third-order valence-electron chi connectivity index (χ3n) is 3.30. The van der Waals surface area contributed by atoms with Crippen LogP contribution in [0.4, 0.5) is 5.69 Å². The third kappa shape index (κ3) is 3.21. The molecule has 0 aliphatic rings. The molecule has 0 saturated carbocycles. The van der Waals surface area contributed by atoms with Gasteiger partial charge in [0.2, 0.25) is 5.88 Å². The maximum Gasteiger partial charge on any atom is 0.216 e. The number of benzene rings is 1. The molecular weight excluding hydrogens is 270 g/mol. The first-order valence-electron chi connectivity index (χ1n) is 6.62. The normalized spacial score (nSPS) is 10.3. The van der Waals surface area contributed by atoms with E-state index in [1.807, 2.05) is 32.2 Å². The zero-order chi connectivity index (χ0) is 15.4. The second-order valence-electron chi connectivity index (χ2n) is 4.65. The van der Waals surface area contributed by atoms with Crippen molar-refractivity contribution < 1.29 is 14.2 Å². The Labute approximate surface area is 124 Å². The SMILES string of the molecule is COc1cc(NCc2c(C)nn(C)c2OC)cc(OC)c1. The third-order valence-corrected chi connectivity index (χ3v) is 3.30. The topological polar surface area (TPSA) is 57.5 Å². The number of hydrogen-bond donors (Lipinski definition) is 1. The molecule has 0 amide bonds. The minimum Gasteiger partial charge on any atom is -0.497 e. The van der Waals surface area contributed by atoms with Gasteiger partial charge >= 0.3 is 0 Å². The molecule has 6 heteroatoms. The van der Waals surface area contributed by atoms with Gasteiger partial charge in [-0.3, -0.25) is 0 Å². The van der Waals surface area contributed by atoms with Crippen molar-refractivity contribution in [1.82, 2.24) is 9.78 Å². The molecule has 0 radical (unpaired) electrons. The van der Waals surface area contributed by atoms with Crippen molar-refractivity contribution in [1.29, 1.82) is 0 Å². The zero-order valence-electron chi connectivity index (χ0n) is 13.1. The molecule has 0 fully saturated rings. The maximum absolute atomic E-state index is 5.39. The summed E-state index contributed by atoms with van der Waals surface area (Å²) in [5, 5.41) is 7.71. The van der Waals surface area contributed by atoms with Crippen molar-refractivity contribution in [3.05, 3.63) is 29.5 Å². The van der Waals surface area contributed by atoms with E-state index in [1.165, 1.54) is 0 Å². The van der Waals surface area contributed by atoms with Gasteiger partial charge in [0.15, 0.2) is 0 Å². The molecule has 0 unspecified atom stereocenters. The first kappa shape index (κ1) is 15.0. The molecule has 1 heterocycles. The molecule has 6 nitrogen and oxygen atoms in total. The largest absolute Gasteiger partial charge is 0.497 e.